The van der Waals surface area contributed by atoms with Gasteiger partial charge >= 0.3 is 16.3 Å². The molecule has 1 amide bonds. The molecule has 1 saturated heterocycles. The van der Waals surface area contributed by atoms with Crippen molar-refractivity contribution in [2.45, 2.75) is 38.3 Å². The molecule has 3 N–H and O–H groups in total. The fourth-order valence-electron chi connectivity index (χ4n) is 1.80. The predicted molar refractivity (Wildman–Crippen MR) is 62.7 cm³/mol. The summed E-state index contributed by atoms with van der Waals surface area (Å²) in [6, 6.07) is 0.500. The van der Waals surface area contributed by atoms with Crippen LogP contribution >= 0.6 is 0 Å². The average Bonchev–Trinajstić information content (AvgIpc) is 2.26. The van der Waals surface area contributed by atoms with E-state index >= 15 is 0 Å². The molecule has 1 heterocycles. The highest BCUT2D eigenvalue weighted by atomic mass is 32.2. The summed E-state index contributed by atoms with van der Waals surface area (Å²) < 4.78 is 31.0. The van der Waals surface area contributed by atoms with Gasteiger partial charge in [0.25, 0.3) is 0 Å². The zero-order chi connectivity index (χ0) is 12.9. The van der Waals surface area contributed by atoms with E-state index in [1.54, 1.807) is 4.72 Å². The number of amides is 1. The Balaban J connectivity index is 2.36. The lowest BCUT2D eigenvalue weighted by Gasteiger charge is -2.28. The predicted octanol–water partition coefficient (Wildman–Crippen LogP) is -0.293. The van der Waals surface area contributed by atoms with Gasteiger partial charge in [-0.15, -0.1) is 0 Å². The Kier molecular flexibility index (Phi) is 5.16. The first-order valence-corrected chi connectivity index (χ1v) is 7.02. The Morgan fingerprint density at radius 3 is 2.76 bits per heavy atom. The summed E-state index contributed by atoms with van der Waals surface area (Å²) in [6.45, 7) is 2.32. The Morgan fingerprint density at radius 2 is 2.18 bits per heavy atom. The molecule has 1 aliphatic heterocycles. The van der Waals surface area contributed by atoms with Crippen molar-refractivity contribution in [1.82, 2.24) is 14.8 Å². The van der Waals surface area contributed by atoms with Crippen molar-refractivity contribution >= 4 is 16.3 Å². The number of nitrogens with one attached hydrogen (secondary N) is 3. The fraction of sp³-hybridized carbons (Fsp3) is 0.889. The number of rotatable bonds is 4. The van der Waals surface area contributed by atoms with Gasteiger partial charge in [0, 0.05) is 18.6 Å². The van der Waals surface area contributed by atoms with Crippen LogP contribution in [0.5, 0.6) is 0 Å². The second kappa shape index (κ2) is 6.18. The van der Waals surface area contributed by atoms with Crippen LogP contribution in [0, 0.1) is 0 Å². The third-order valence-corrected chi connectivity index (χ3v) is 3.61. The molecule has 0 aromatic carbocycles. The Morgan fingerprint density at radius 1 is 1.47 bits per heavy atom. The molecule has 0 spiro atoms. The molecule has 1 aliphatic rings. The Hall–Kier alpha value is -0.860. The third-order valence-electron chi connectivity index (χ3n) is 2.63. The molecule has 8 heteroatoms. The van der Waals surface area contributed by atoms with Crippen molar-refractivity contribution in [3.63, 3.8) is 0 Å². The van der Waals surface area contributed by atoms with E-state index < -0.39 is 16.3 Å². The van der Waals surface area contributed by atoms with Crippen LogP contribution in [0.2, 0.25) is 0 Å². The van der Waals surface area contributed by atoms with E-state index in [-0.39, 0.29) is 12.6 Å². The van der Waals surface area contributed by atoms with Crippen LogP contribution in [0.25, 0.3) is 0 Å². The zero-order valence-electron chi connectivity index (χ0n) is 10.0. The lowest BCUT2D eigenvalue weighted by Crippen LogP contribution is -2.50. The molecule has 1 rings (SSSR count). The van der Waals surface area contributed by atoms with Gasteiger partial charge in [0.05, 0.1) is 7.11 Å². The van der Waals surface area contributed by atoms with E-state index in [0.29, 0.717) is 6.04 Å². The molecule has 1 fully saturated rings. The molecule has 17 heavy (non-hydrogen) atoms. The normalized spacial score (nSPS) is 25.3. The highest BCUT2D eigenvalue weighted by Crippen LogP contribution is 2.11. The van der Waals surface area contributed by atoms with Crippen molar-refractivity contribution in [3.8, 4) is 0 Å². The Labute approximate surface area is 101 Å². The first kappa shape index (κ1) is 14.2. The number of carbonyl (C=O) groups excluding carboxylic acids is 1. The van der Waals surface area contributed by atoms with Crippen molar-refractivity contribution < 1.29 is 17.9 Å². The second-order valence-corrected chi connectivity index (χ2v) is 5.64. The number of methoxy groups -OCH3 is 1. The summed E-state index contributed by atoms with van der Waals surface area (Å²) in [5.74, 6) is 0. The largest absolute Gasteiger partial charge is 0.452 e. The van der Waals surface area contributed by atoms with Crippen molar-refractivity contribution in [3.05, 3.63) is 0 Å². The summed E-state index contributed by atoms with van der Waals surface area (Å²) >= 11 is 0. The Bertz CT molecular complexity index is 357. The van der Waals surface area contributed by atoms with Crippen LogP contribution in [0.15, 0.2) is 0 Å². The summed E-state index contributed by atoms with van der Waals surface area (Å²) in [7, 11) is -2.72. The maximum Gasteiger partial charge on any atom is 0.421 e. The number of ether oxygens (including phenoxy) is 1. The third kappa shape index (κ3) is 5.33. The lowest BCUT2D eigenvalue weighted by molar-refractivity contribution is 0.177. The first-order chi connectivity index (χ1) is 7.93. The van der Waals surface area contributed by atoms with E-state index in [9.17, 15) is 13.2 Å². The molecule has 0 aromatic rings. The minimum absolute atomic E-state index is 0.105. The number of hydrogen-bond donors (Lipinski definition) is 3. The van der Waals surface area contributed by atoms with Gasteiger partial charge in [-0.25, -0.2) is 9.52 Å². The van der Waals surface area contributed by atoms with Crippen molar-refractivity contribution in [1.29, 1.82) is 0 Å². The molecular formula is C9H19N3O4S. The molecule has 100 valence electrons. The molecule has 0 bridgehead atoms. The minimum Gasteiger partial charge on any atom is -0.452 e. The molecular weight excluding hydrogens is 246 g/mol. The summed E-state index contributed by atoms with van der Waals surface area (Å²) in [4.78, 5) is 10.8. The maximum atomic E-state index is 11.4. The minimum atomic E-state index is -3.82. The second-order valence-electron chi connectivity index (χ2n) is 4.14. The quantitative estimate of drug-likeness (QED) is 0.649. The lowest BCUT2D eigenvalue weighted by atomic mass is 10.00. The number of carbonyl (C=O) groups is 1. The summed E-state index contributed by atoms with van der Waals surface area (Å²) in [5, 5.41) is 3.29. The number of hydrogen-bond acceptors (Lipinski definition) is 5. The zero-order valence-corrected chi connectivity index (χ0v) is 10.8. The van der Waals surface area contributed by atoms with E-state index in [1.165, 1.54) is 0 Å². The van der Waals surface area contributed by atoms with E-state index in [1.807, 2.05) is 0 Å². The molecule has 0 aromatic heterocycles. The van der Waals surface area contributed by atoms with Gasteiger partial charge in [-0.2, -0.15) is 13.1 Å². The SMILES string of the molecule is COC(=O)NS(=O)(=O)NCC1CCCC(C)N1. The van der Waals surface area contributed by atoms with Crippen LogP contribution in [-0.4, -0.2) is 40.2 Å². The highest BCUT2D eigenvalue weighted by Gasteiger charge is 2.20. The van der Waals surface area contributed by atoms with Gasteiger partial charge in [0.15, 0.2) is 0 Å². The van der Waals surface area contributed by atoms with Gasteiger partial charge in [-0.05, 0) is 19.8 Å². The molecule has 7 nitrogen and oxygen atoms in total. The van der Waals surface area contributed by atoms with E-state index in [0.717, 1.165) is 26.4 Å². The molecule has 2 unspecified atom stereocenters. The van der Waals surface area contributed by atoms with Gasteiger partial charge in [-0.3, -0.25) is 0 Å². The molecule has 0 radical (unpaired) electrons. The van der Waals surface area contributed by atoms with E-state index in [4.69, 9.17) is 0 Å². The van der Waals surface area contributed by atoms with Crippen LogP contribution < -0.4 is 14.8 Å². The number of piperidine rings is 1. The standard InChI is InChI=1S/C9H19N3O4S/c1-7-4-3-5-8(11-7)6-10-17(14,15)12-9(13)16-2/h7-8,10-11H,3-6H2,1-2H3,(H,12,13). The van der Waals surface area contributed by atoms with Gasteiger partial charge in [0.1, 0.15) is 0 Å². The smallest absolute Gasteiger partial charge is 0.421 e. The van der Waals surface area contributed by atoms with Gasteiger partial charge < -0.3 is 10.1 Å². The average molecular weight is 265 g/mol. The topological polar surface area (TPSA) is 96.5 Å². The van der Waals surface area contributed by atoms with Gasteiger partial charge in [-0.1, -0.05) is 6.42 Å². The monoisotopic (exact) mass is 265 g/mol. The van der Waals surface area contributed by atoms with Gasteiger partial charge in [0.2, 0.25) is 0 Å². The summed E-state index contributed by atoms with van der Waals surface area (Å²) in [6.07, 6.45) is 2.10. The summed E-state index contributed by atoms with van der Waals surface area (Å²) in [5.41, 5.74) is 0. The van der Waals surface area contributed by atoms with E-state index in [2.05, 4.69) is 21.7 Å². The molecule has 0 aliphatic carbocycles. The first-order valence-electron chi connectivity index (χ1n) is 5.54. The van der Waals surface area contributed by atoms with Crippen LogP contribution in [0.4, 0.5) is 4.79 Å². The highest BCUT2D eigenvalue weighted by molar-refractivity contribution is 7.88. The van der Waals surface area contributed by atoms with Crippen LogP contribution in [0.3, 0.4) is 0 Å². The van der Waals surface area contributed by atoms with Crippen LogP contribution in [-0.2, 0) is 14.9 Å². The maximum absolute atomic E-state index is 11.4. The molecule has 0 saturated carbocycles. The molecule has 2 atom stereocenters. The van der Waals surface area contributed by atoms with Crippen molar-refractivity contribution in [2.24, 2.45) is 0 Å². The van der Waals surface area contributed by atoms with Crippen LogP contribution in [0.1, 0.15) is 26.2 Å². The van der Waals surface area contributed by atoms with Crippen molar-refractivity contribution in [2.75, 3.05) is 13.7 Å². The fourth-order valence-corrected chi connectivity index (χ4v) is 2.59.